The Morgan fingerprint density at radius 3 is 2.64 bits per heavy atom. The molecule has 1 aliphatic heterocycles. The zero-order valence-electron chi connectivity index (χ0n) is 7.47. The van der Waals surface area contributed by atoms with Crippen LogP contribution in [0.5, 0.6) is 0 Å². The lowest BCUT2D eigenvalue weighted by atomic mass is 9.94. The average Bonchev–Trinajstić information content (AvgIpc) is 1.84. The first-order valence-corrected chi connectivity index (χ1v) is 4.23. The summed E-state index contributed by atoms with van der Waals surface area (Å²) in [6.45, 7) is 8.81. The van der Waals surface area contributed by atoms with Gasteiger partial charge in [0.15, 0.2) is 0 Å². The maximum atomic E-state index is 5.83. The van der Waals surface area contributed by atoms with Crippen molar-refractivity contribution < 1.29 is 4.74 Å². The first-order chi connectivity index (χ1) is 5.14. The topological polar surface area (TPSA) is 38.5 Å². The highest BCUT2D eigenvalue weighted by Gasteiger charge is 2.33. The maximum Gasteiger partial charge on any atom is 0.0593 e. The molecule has 0 aliphatic carbocycles. The third-order valence-corrected chi connectivity index (χ3v) is 1.93. The van der Waals surface area contributed by atoms with Gasteiger partial charge in [0.25, 0.3) is 0 Å². The van der Waals surface area contributed by atoms with E-state index in [4.69, 9.17) is 10.5 Å². The second kappa shape index (κ2) is 3.52. The van der Waals surface area contributed by atoms with E-state index in [-0.39, 0.29) is 5.54 Å². The molecule has 0 spiro atoms. The first-order valence-electron chi connectivity index (χ1n) is 4.23. The summed E-state index contributed by atoms with van der Waals surface area (Å²) in [6, 6.07) is 0. The monoisotopic (exact) mass is 158 g/mol. The maximum absolute atomic E-state index is 5.83. The Labute approximate surface area is 68.5 Å². The van der Waals surface area contributed by atoms with E-state index in [2.05, 4.69) is 11.8 Å². The highest BCUT2D eigenvalue weighted by Crippen LogP contribution is 2.15. The fourth-order valence-corrected chi connectivity index (χ4v) is 1.47. The number of rotatable bonds is 4. The van der Waals surface area contributed by atoms with Gasteiger partial charge in [0.2, 0.25) is 0 Å². The fourth-order valence-electron chi connectivity index (χ4n) is 1.47. The van der Waals surface area contributed by atoms with Gasteiger partial charge in [-0.2, -0.15) is 0 Å². The van der Waals surface area contributed by atoms with Crippen LogP contribution < -0.4 is 5.73 Å². The van der Waals surface area contributed by atoms with E-state index in [0.29, 0.717) is 0 Å². The molecule has 11 heavy (non-hydrogen) atoms. The lowest BCUT2D eigenvalue weighted by molar-refractivity contribution is 0.0430. The van der Waals surface area contributed by atoms with Crippen LogP contribution in [0.15, 0.2) is 0 Å². The van der Waals surface area contributed by atoms with Crippen molar-refractivity contribution >= 4 is 0 Å². The van der Waals surface area contributed by atoms with E-state index in [0.717, 1.165) is 32.8 Å². The molecule has 1 saturated heterocycles. The molecule has 0 saturated carbocycles. The highest BCUT2D eigenvalue weighted by atomic mass is 16.5. The standard InChI is InChI=1S/C8H18N2O/c1-3-11-5-4-10-6-8(2,9)7-10/h3-7,9H2,1-2H3. The van der Waals surface area contributed by atoms with Gasteiger partial charge in [0.1, 0.15) is 0 Å². The number of nitrogens with zero attached hydrogens (tertiary/aromatic N) is 1. The van der Waals surface area contributed by atoms with E-state index in [1.807, 2.05) is 6.92 Å². The molecule has 0 radical (unpaired) electrons. The number of hydrogen-bond donors (Lipinski definition) is 1. The third-order valence-electron chi connectivity index (χ3n) is 1.93. The number of hydrogen-bond acceptors (Lipinski definition) is 3. The van der Waals surface area contributed by atoms with Crippen LogP contribution in [0, 0.1) is 0 Å². The Morgan fingerprint density at radius 2 is 2.18 bits per heavy atom. The summed E-state index contributed by atoms with van der Waals surface area (Å²) in [5, 5.41) is 0. The second-order valence-corrected chi connectivity index (χ2v) is 3.56. The molecule has 0 bridgehead atoms. The third kappa shape index (κ3) is 2.77. The van der Waals surface area contributed by atoms with Crippen molar-refractivity contribution in [3.8, 4) is 0 Å². The lowest BCUT2D eigenvalue weighted by Crippen LogP contribution is -2.65. The van der Waals surface area contributed by atoms with Crippen molar-refractivity contribution in [3.63, 3.8) is 0 Å². The molecule has 0 unspecified atom stereocenters. The van der Waals surface area contributed by atoms with Crippen molar-refractivity contribution in [2.45, 2.75) is 19.4 Å². The smallest absolute Gasteiger partial charge is 0.0593 e. The van der Waals surface area contributed by atoms with Gasteiger partial charge >= 0.3 is 0 Å². The number of nitrogens with two attached hydrogens (primary N) is 1. The average molecular weight is 158 g/mol. The zero-order valence-corrected chi connectivity index (χ0v) is 7.47. The van der Waals surface area contributed by atoms with Gasteiger partial charge in [-0.3, -0.25) is 4.90 Å². The Balaban J connectivity index is 1.96. The molecule has 0 amide bonds. The quantitative estimate of drug-likeness (QED) is 0.588. The second-order valence-electron chi connectivity index (χ2n) is 3.56. The van der Waals surface area contributed by atoms with E-state index in [9.17, 15) is 0 Å². The van der Waals surface area contributed by atoms with E-state index >= 15 is 0 Å². The molecule has 66 valence electrons. The molecule has 0 atom stereocenters. The Bertz CT molecular complexity index is 117. The lowest BCUT2D eigenvalue weighted by Gasteiger charge is -2.45. The van der Waals surface area contributed by atoms with Crippen LogP contribution in [-0.4, -0.2) is 43.3 Å². The summed E-state index contributed by atoms with van der Waals surface area (Å²) in [5.41, 5.74) is 5.90. The van der Waals surface area contributed by atoms with Crippen LogP contribution in [0.4, 0.5) is 0 Å². The molecule has 1 rings (SSSR count). The van der Waals surface area contributed by atoms with Gasteiger partial charge in [-0.15, -0.1) is 0 Å². The van der Waals surface area contributed by atoms with Crippen LogP contribution in [-0.2, 0) is 4.74 Å². The summed E-state index contributed by atoms with van der Waals surface area (Å²) >= 11 is 0. The first kappa shape index (κ1) is 8.97. The largest absolute Gasteiger partial charge is 0.380 e. The minimum absolute atomic E-state index is 0.0617. The summed E-state index contributed by atoms with van der Waals surface area (Å²) in [7, 11) is 0. The van der Waals surface area contributed by atoms with Crippen molar-refractivity contribution in [2.75, 3.05) is 32.8 Å². The predicted octanol–water partition coefficient (Wildman–Crippen LogP) is 0.0559. The predicted molar refractivity (Wildman–Crippen MR) is 45.5 cm³/mol. The molecule has 1 fully saturated rings. The van der Waals surface area contributed by atoms with Crippen molar-refractivity contribution in [2.24, 2.45) is 5.73 Å². The van der Waals surface area contributed by atoms with Gasteiger partial charge in [-0.1, -0.05) is 0 Å². The Morgan fingerprint density at radius 1 is 1.55 bits per heavy atom. The number of ether oxygens (including phenoxy) is 1. The van der Waals surface area contributed by atoms with Crippen molar-refractivity contribution in [1.82, 2.24) is 4.90 Å². The normalized spacial score (nSPS) is 23.2. The summed E-state index contributed by atoms with van der Waals surface area (Å²) in [6.07, 6.45) is 0. The van der Waals surface area contributed by atoms with Gasteiger partial charge in [-0.25, -0.2) is 0 Å². The molecule has 1 aliphatic rings. The van der Waals surface area contributed by atoms with Crippen molar-refractivity contribution in [3.05, 3.63) is 0 Å². The van der Waals surface area contributed by atoms with Crippen LogP contribution in [0.2, 0.25) is 0 Å². The van der Waals surface area contributed by atoms with E-state index in [1.165, 1.54) is 0 Å². The van der Waals surface area contributed by atoms with Crippen LogP contribution in [0.25, 0.3) is 0 Å². The van der Waals surface area contributed by atoms with Gasteiger partial charge < -0.3 is 10.5 Å². The fraction of sp³-hybridized carbons (Fsp3) is 1.00. The SMILES string of the molecule is CCOCCN1CC(C)(N)C1. The van der Waals surface area contributed by atoms with Gasteiger partial charge in [0, 0.05) is 31.8 Å². The summed E-state index contributed by atoms with van der Waals surface area (Å²) in [5.74, 6) is 0. The molecule has 1 heterocycles. The molecule has 3 nitrogen and oxygen atoms in total. The van der Waals surface area contributed by atoms with Crippen LogP contribution in [0.1, 0.15) is 13.8 Å². The molecule has 3 heteroatoms. The van der Waals surface area contributed by atoms with Gasteiger partial charge in [-0.05, 0) is 13.8 Å². The molecule has 0 aromatic carbocycles. The molecule has 0 aromatic rings. The Kier molecular flexibility index (Phi) is 2.87. The van der Waals surface area contributed by atoms with Crippen LogP contribution in [0.3, 0.4) is 0 Å². The van der Waals surface area contributed by atoms with E-state index < -0.39 is 0 Å². The molecule has 0 aromatic heterocycles. The summed E-state index contributed by atoms with van der Waals surface area (Å²) < 4.78 is 5.23. The zero-order chi connectivity index (χ0) is 8.32. The highest BCUT2D eigenvalue weighted by molar-refractivity contribution is 4.95. The van der Waals surface area contributed by atoms with Crippen molar-refractivity contribution in [1.29, 1.82) is 0 Å². The van der Waals surface area contributed by atoms with E-state index in [1.54, 1.807) is 0 Å². The number of likely N-dealkylation sites (tertiary alicyclic amines) is 1. The molecular formula is C8H18N2O. The van der Waals surface area contributed by atoms with Crippen LogP contribution >= 0.6 is 0 Å². The molecular weight excluding hydrogens is 140 g/mol. The minimum Gasteiger partial charge on any atom is -0.380 e. The minimum atomic E-state index is 0.0617. The van der Waals surface area contributed by atoms with Gasteiger partial charge in [0.05, 0.1) is 6.61 Å². The summed E-state index contributed by atoms with van der Waals surface area (Å²) in [4.78, 5) is 2.32. The molecule has 2 N–H and O–H groups in total. The Hall–Kier alpha value is -0.120.